The van der Waals surface area contributed by atoms with Gasteiger partial charge in [0.1, 0.15) is 5.75 Å². The molecule has 0 saturated carbocycles. The molecule has 1 aliphatic rings. The van der Waals surface area contributed by atoms with Gasteiger partial charge in [0.05, 0.1) is 0 Å². The molecule has 1 fully saturated rings. The summed E-state index contributed by atoms with van der Waals surface area (Å²) in [5.74, 6) is 1.91. The summed E-state index contributed by atoms with van der Waals surface area (Å²) < 4.78 is 5.90. The van der Waals surface area contributed by atoms with E-state index in [4.69, 9.17) is 4.74 Å². The zero-order chi connectivity index (χ0) is 18.5. The third-order valence-corrected chi connectivity index (χ3v) is 4.61. The number of anilines is 1. The zero-order valence-corrected chi connectivity index (χ0v) is 15.6. The van der Waals surface area contributed by atoms with Crippen LogP contribution in [0.2, 0.25) is 0 Å². The molecule has 0 spiro atoms. The van der Waals surface area contributed by atoms with Crippen LogP contribution in [0.5, 0.6) is 5.75 Å². The number of ether oxygens (including phenoxy) is 1. The number of nitrogens with zero attached hydrogens (tertiary/aromatic N) is 4. The topological polar surface area (TPSA) is 58.6 Å². The highest BCUT2D eigenvalue weighted by molar-refractivity contribution is 5.81. The lowest BCUT2D eigenvalue weighted by atomic mass is 10.0. The molecular formula is C20H26N4O2. The van der Waals surface area contributed by atoms with E-state index in [0.29, 0.717) is 19.0 Å². The molecule has 138 valence electrons. The second-order valence-electron chi connectivity index (χ2n) is 6.85. The second kappa shape index (κ2) is 8.17. The molecule has 26 heavy (non-hydrogen) atoms. The van der Waals surface area contributed by atoms with Crippen LogP contribution < -0.4 is 9.64 Å². The molecular weight excluding hydrogens is 328 g/mol. The van der Waals surface area contributed by atoms with Gasteiger partial charge in [-0.25, -0.2) is 9.97 Å². The number of amides is 1. The third-order valence-electron chi connectivity index (χ3n) is 4.61. The highest BCUT2D eigenvalue weighted by atomic mass is 16.5. The molecule has 1 aliphatic heterocycles. The fourth-order valence-corrected chi connectivity index (χ4v) is 3.04. The van der Waals surface area contributed by atoms with Crippen LogP contribution in [0, 0.1) is 0 Å². The Balaban J connectivity index is 1.55. The lowest BCUT2D eigenvalue weighted by Crippen LogP contribution is -2.52. The predicted octanol–water partition coefficient (Wildman–Crippen LogP) is 2.72. The molecule has 0 bridgehead atoms. The van der Waals surface area contributed by atoms with Crippen molar-refractivity contribution >= 4 is 11.9 Å². The number of hydrogen-bond donors (Lipinski definition) is 0. The van der Waals surface area contributed by atoms with E-state index in [9.17, 15) is 4.79 Å². The van der Waals surface area contributed by atoms with Crippen molar-refractivity contribution in [2.45, 2.75) is 32.8 Å². The van der Waals surface area contributed by atoms with Crippen molar-refractivity contribution in [2.24, 2.45) is 0 Å². The number of piperazine rings is 1. The Labute approximate surface area is 154 Å². The summed E-state index contributed by atoms with van der Waals surface area (Å²) in [5.41, 5.74) is 1.21. The fraction of sp³-hybridized carbons (Fsp3) is 0.450. The number of benzene rings is 1. The van der Waals surface area contributed by atoms with Gasteiger partial charge in [-0.1, -0.05) is 26.0 Å². The second-order valence-corrected chi connectivity index (χ2v) is 6.85. The highest BCUT2D eigenvalue weighted by Crippen LogP contribution is 2.21. The molecule has 1 atom stereocenters. The van der Waals surface area contributed by atoms with Gasteiger partial charge in [0.15, 0.2) is 6.10 Å². The van der Waals surface area contributed by atoms with Crippen LogP contribution in [-0.2, 0) is 4.79 Å². The van der Waals surface area contributed by atoms with Crippen molar-refractivity contribution < 1.29 is 9.53 Å². The Morgan fingerprint density at radius 3 is 2.38 bits per heavy atom. The van der Waals surface area contributed by atoms with Crippen LogP contribution in [0.15, 0.2) is 42.7 Å². The lowest BCUT2D eigenvalue weighted by Gasteiger charge is -2.35. The Kier molecular flexibility index (Phi) is 5.71. The molecule has 2 aromatic rings. The standard InChI is InChI=1S/C20H26N4O2/c1-15(2)17-6-4-7-18(14-17)26-16(3)19(25)23-10-12-24(13-11-23)20-21-8-5-9-22-20/h4-9,14-16H,10-13H2,1-3H3. The first-order chi connectivity index (χ1) is 12.5. The van der Waals surface area contributed by atoms with Crippen LogP contribution in [0.25, 0.3) is 0 Å². The van der Waals surface area contributed by atoms with Crippen LogP contribution in [0.1, 0.15) is 32.3 Å². The van der Waals surface area contributed by atoms with E-state index in [1.165, 1.54) is 5.56 Å². The average molecular weight is 354 g/mol. The maximum absolute atomic E-state index is 12.7. The Morgan fingerprint density at radius 2 is 1.73 bits per heavy atom. The lowest BCUT2D eigenvalue weighted by molar-refractivity contribution is -0.138. The molecule has 0 aliphatic carbocycles. The summed E-state index contributed by atoms with van der Waals surface area (Å²) in [6, 6.07) is 9.77. The van der Waals surface area contributed by atoms with Gasteiger partial charge in [0.2, 0.25) is 5.95 Å². The molecule has 6 nitrogen and oxygen atoms in total. The molecule has 6 heteroatoms. The minimum atomic E-state index is -0.503. The van der Waals surface area contributed by atoms with Crippen LogP contribution in [0.3, 0.4) is 0 Å². The van der Waals surface area contributed by atoms with E-state index in [-0.39, 0.29) is 5.91 Å². The Hall–Kier alpha value is -2.63. The van der Waals surface area contributed by atoms with Gasteiger partial charge in [-0.3, -0.25) is 4.79 Å². The van der Waals surface area contributed by atoms with Crippen LogP contribution in [-0.4, -0.2) is 53.1 Å². The van der Waals surface area contributed by atoms with E-state index in [1.807, 2.05) is 30.0 Å². The summed E-state index contributed by atoms with van der Waals surface area (Å²) >= 11 is 0. The number of carbonyl (C=O) groups is 1. The smallest absolute Gasteiger partial charge is 0.263 e. The number of carbonyl (C=O) groups excluding carboxylic acids is 1. The fourth-order valence-electron chi connectivity index (χ4n) is 3.04. The van der Waals surface area contributed by atoms with Crippen molar-refractivity contribution in [1.82, 2.24) is 14.9 Å². The van der Waals surface area contributed by atoms with Crippen LogP contribution >= 0.6 is 0 Å². The van der Waals surface area contributed by atoms with Gasteiger partial charge >= 0.3 is 0 Å². The quantitative estimate of drug-likeness (QED) is 0.826. The van der Waals surface area contributed by atoms with E-state index in [2.05, 4.69) is 34.8 Å². The minimum absolute atomic E-state index is 0.0218. The summed E-state index contributed by atoms with van der Waals surface area (Å²) in [6.07, 6.45) is 2.97. The molecule has 1 aromatic carbocycles. The predicted molar refractivity (Wildman–Crippen MR) is 101 cm³/mol. The van der Waals surface area contributed by atoms with E-state index in [1.54, 1.807) is 18.5 Å². The maximum atomic E-state index is 12.7. The Morgan fingerprint density at radius 1 is 1.04 bits per heavy atom. The first-order valence-corrected chi connectivity index (χ1v) is 9.12. The van der Waals surface area contributed by atoms with Gasteiger partial charge < -0.3 is 14.5 Å². The van der Waals surface area contributed by atoms with Crippen molar-refractivity contribution in [1.29, 1.82) is 0 Å². The first-order valence-electron chi connectivity index (χ1n) is 9.12. The van der Waals surface area contributed by atoms with Gasteiger partial charge in [0, 0.05) is 38.6 Å². The molecule has 2 heterocycles. The van der Waals surface area contributed by atoms with Gasteiger partial charge in [-0.05, 0) is 36.6 Å². The molecule has 0 radical (unpaired) electrons. The SMILES string of the molecule is CC(Oc1cccc(C(C)C)c1)C(=O)N1CCN(c2ncccn2)CC1. The summed E-state index contributed by atoms with van der Waals surface area (Å²) in [4.78, 5) is 25.2. The van der Waals surface area contributed by atoms with Crippen LogP contribution in [0.4, 0.5) is 5.95 Å². The number of hydrogen-bond acceptors (Lipinski definition) is 5. The molecule has 1 saturated heterocycles. The zero-order valence-electron chi connectivity index (χ0n) is 15.6. The number of aromatic nitrogens is 2. The summed E-state index contributed by atoms with van der Waals surface area (Å²) in [5, 5.41) is 0. The number of rotatable bonds is 5. The Bertz CT molecular complexity index is 728. The molecule has 1 aromatic heterocycles. The molecule has 0 N–H and O–H groups in total. The van der Waals surface area contributed by atoms with Crippen molar-refractivity contribution in [3.8, 4) is 5.75 Å². The summed E-state index contributed by atoms with van der Waals surface area (Å²) in [7, 11) is 0. The maximum Gasteiger partial charge on any atom is 0.263 e. The molecule has 3 rings (SSSR count). The van der Waals surface area contributed by atoms with Crippen molar-refractivity contribution in [3.05, 3.63) is 48.3 Å². The normalized spacial score (nSPS) is 15.8. The molecule has 1 amide bonds. The minimum Gasteiger partial charge on any atom is -0.481 e. The van der Waals surface area contributed by atoms with Gasteiger partial charge in [0.25, 0.3) is 5.91 Å². The van der Waals surface area contributed by atoms with Gasteiger partial charge in [-0.15, -0.1) is 0 Å². The first kappa shape index (κ1) is 18.2. The monoisotopic (exact) mass is 354 g/mol. The highest BCUT2D eigenvalue weighted by Gasteiger charge is 2.26. The summed E-state index contributed by atoms with van der Waals surface area (Å²) in [6.45, 7) is 8.86. The van der Waals surface area contributed by atoms with E-state index < -0.39 is 6.10 Å². The third kappa shape index (κ3) is 4.31. The van der Waals surface area contributed by atoms with Crippen molar-refractivity contribution in [3.63, 3.8) is 0 Å². The van der Waals surface area contributed by atoms with Crippen molar-refractivity contribution in [2.75, 3.05) is 31.1 Å². The molecule has 1 unspecified atom stereocenters. The largest absolute Gasteiger partial charge is 0.481 e. The van der Waals surface area contributed by atoms with Gasteiger partial charge in [-0.2, -0.15) is 0 Å². The van der Waals surface area contributed by atoms with E-state index >= 15 is 0 Å². The van der Waals surface area contributed by atoms with E-state index in [0.717, 1.165) is 24.8 Å². The average Bonchev–Trinajstić information content (AvgIpc) is 2.68.